The molecule has 0 saturated heterocycles. The second-order valence-electron chi connectivity index (χ2n) is 4.16. The lowest BCUT2D eigenvalue weighted by Crippen LogP contribution is -1.93. The fourth-order valence-corrected chi connectivity index (χ4v) is 1.76. The molecule has 19 heavy (non-hydrogen) atoms. The number of benzene rings is 1. The van der Waals surface area contributed by atoms with E-state index in [4.69, 9.17) is 0 Å². The third kappa shape index (κ3) is 4.35. The topological polar surface area (TPSA) is 56.0 Å². The lowest BCUT2D eigenvalue weighted by atomic mass is 10.1. The van der Waals surface area contributed by atoms with Crippen molar-refractivity contribution >= 4 is 6.08 Å². The van der Waals surface area contributed by atoms with Crippen LogP contribution < -0.4 is 0 Å². The molecule has 0 spiro atoms. The van der Waals surface area contributed by atoms with E-state index >= 15 is 0 Å². The van der Waals surface area contributed by atoms with E-state index in [1.165, 1.54) is 11.6 Å². The molecule has 1 aromatic heterocycles. The summed E-state index contributed by atoms with van der Waals surface area (Å²) in [4.78, 5) is 14.0. The van der Waals surface area contributed by atoms with Gasteiger partial charge in [-0.05, 0) is 36.1 Å². The largest absolute Gasteiger partial charge is 0.261 e. The minimum atomic E-state index is -0.463. The normalized spacial score (nSPS) is 10.7. The molecule has 2 aromatic rings. The molecule has 0 saturated carbocycles. The second kappa shape index (κ2) is 6.44. The van der Waals surface area contributed by atoms with E-state index in [9.17, 15) is 10.1 Å². The predicted molar refractivity (Wildman–Crippen MR) is 74.1 cm³/mol. The smallest absolute Gasteiger partial charge is 0.235 e. The highest BCUT2D eigenvalue weighted by Gasteiger charge is 1.97. The average molecular weight is 254 g/mol. The molecule has 0 aliphatic rings. The molecule has 2 rings (SSSR count). The minimum absolute atomic E-state index is 0.463. The highest BCUT2D eigenvalue weighted by atomic mass is 16.6. The molecule has 4 nitrogen and oxygen atoms in total. The van der Waals surface area contributed by atoms with Crippen LogP contribution in [-0.2, 0) is 12.8 Å². The monoisotopic (exact) mass is 254 g/mol. The van der Waals surface area contributed by atoms with Crippen molar-refractivity contribution in [3.05, 3.63) is 81.8 Å². The van der Waals surface area contributed by atoms with Gasteiger partial charge >= 0.3 is 0 Å². The molecule has 4 heteroatoms. The van der Waals surface area contributed by atoms with Gasteiger partial charge in [0.15, 0.2) is 0 Å². The molecule has 0 fully saturated rings. The summed E-state index contributed by atoms with van der Waals surface area (Å²) >= 11 is 0. The number of pyridine rings is 1. The van der Waals surface area contributed by atoms with Crippen molar-refractivity contribution in [2.75, 3.05) is 0 Å². The molecular weight excluding hydrogens is 240 g/mol. The Morgan fingerprint density at radius 2 is 1.89 bits per heavy atom. The Labute approximate surface area is 111 Å². The van der Waals surface area contributed by atoms with Crippen LogP contribution in [0.1, 0.15) is 16.8 Å². The second-order valence-corrected chi connectivity index (χ2v) is 4.16. The maximum absolute atomic E-state index is 10.2. The van der Waals surface area contributed by atoms with E-state index in [1.54, 1.807) is 6.20 Å². The molecule has 0 atom stereocenters. The summed E-state index contributed by atoms with van der Waals surface area (Å²) in [6.45, 7) is 0. The van der Waals surface area contributed by atoms with E-state index < -0.39 is 4.92 Å². The average Bonchev–Trinajstić information content (AvgIpc) is 2.45. The summed E-state index contributed by atoms with van der Waals surface area (Å²) in [7, 11) is 0. The zero-order chi connectivity index (χ0) is 13.5. The molecular formula is C15H14N2O2. The third-order valence-corrected chi connectivity index (χ3v) is 2.76. The van der Waals surface area contributed by atoms with Crippen molar-refractivity contribution in [1.29, 1.82) is 0 Å². The van der Waals surface area contributed by atoms with Gasteiger partial charge in [0.25, 0.3) is 0 Å². The fourth-order valence-electron chi connectivity index (χ4n) is 1.76. The SMILES string of the molecule is O=[N+]([O-])C=Cc1ccc(CCc2ccccn2)cc1. The van der Waals surface area contributed by atoms with Crippen LogP contribution in [0, 0.1) is 10.1 Å². The first-order valence-electron chi connectivity index (χ1n) is 6.04. The van der Waals surface area contributed by atoms with Crippen molar-refractivity contribution in [1.82, 2.24) is 4.98 Å². The van der Waals surface area contributed by atoms with E-state index in [1.807, 2.05) is 42.5 Å². The summed E-state index contributed by atoms with van der Waals surface area (Å²) in [5.41, 5.74) is 3.10. The van der Waals surface area contributed by atoms with Crippen LogP contribution in [0.4, 0.5) is 0 Å². The van der Waals surface area contributed by atoms with Crippen molar-refractivity contribution in [2.24, 2.45) is 0 Å². The number of aromatic nitrogens is 1. The number of nitro groups is 1. The summed E-state index contributed by atoms with van der Waals surface area (Å²) in [5.74, 6) is 0. The van der Waals surface area contributed by atoms with Gasteiger partial charge in [-0.3, -0.25) is 15.1 Å². The van der Waals surface area contributed by atoms with Gasteiger partial charge in [0.05, 0.1) is 4.92 Å². The van der Waals surface area contributed by atoms with Gasteiger partial charge in [0.2, 0.25) is 6.20 Å². The number of nitrogens with zero attached hydrogens (tertiary/aromatic N) is 2. The fraction of sp³-hybridized carbons (Fsp3) is 0.133. The molecule has 0 aliphatic carbocycles. The van der Waals surface area contributed by atoms with Gasteiger partial charge in [0.1, 0.15) is 0 Å². The van der Waals surface area contributed by atoms with Gasteiger partial charge in [-0.25, -0.2) is 0 Å². The lowest BCUT2D eigenvalue weighted by molar-refractivity contribution is -0.400. The molecule has 0 N–H and O–H groups in total. The molecule has 1 aromatic carbocycles. The van der Waals surface area contributed by atoms with Gasteiger partial charge in [0, 0.05) is 18.0 Å². The third-order valence-electron chi connectivity index (χ3n) is 2.76. The minimum Gasteiger partial charge on any atom is -0.261 e. The zero-order valence-electron chi connectivity index (χ0n) is 10.4. The molecule has 96 valence electrons. The quantitative estimate of drug-likeness (QED) is 0.608. The van der Waals surface area contributed by atoms with Crippen LogP contribution in [0.15, 0.2) is 54.9 Å². The van der Waals surface area contributed by atoms with Gasteiger partial charge in [-0.2, -0.15) is 0 Å². The van der Waals surface area contributed by atoms with Gasteiger partial charge in [-0.1, -0.05) is 30.3 Å². The molecule has 0 aliphatic heterocycles. The Morgan fingerprint density at radius 3 is 2.53 bits per heavy atom. The van der Waals surface area contributed by atoms with Crippen LogP contribution in [0.25, 0.3) is 6.08 Å². The summed E-state index contributed by atoms with van der Waals surface area (Å²) in [6, 6.07) is 13.6. The number of aryl methyl sites for hydroxylation is 2. The lowest BCUT2D eigenvalue weighted by Gasteiger charge is -2.01. The maximum Gasteiger partial charge on any atom is 0.235 e. The Bertz CT molecular complexity index is 562. The van der Waals surface area contributed by atoms with Crippen LogP contribution in [0.5, 0.6) is 0 Å². The van der Waals surface area contributed by atoms with E-state index in [-0.39, 0.29) is 0 Å². The van der Waals surface area contributed by atoms with Crippen LogP contribution in [-0.4, -0.2) is 9.91 Å². The standard InChI is InChI=1S/C15H14N2O2/c18-17(19)12-10-14-6-4-13(5-7-14)8-9-15-3-1-2-11-16-15/h1-7,10-12H,8-9H2. The Morgan fingerprint density at radius 1 is 1.11 bits per heavy atom. The molecule has 0 bridgehead atoms. The predicted octanol–water partition coefficient (Wildman–Crippen LogP) is 3.11. The molecule has 0 unspecified atom stereocenters. The Kier molecular flexibility index (Phi) is 4.39. The first-order chi connectivity index (χ1) is 9.24. The van der Waals surface area contributed by atoms with Crippen LogP contribution in [0.2, 0.25) is 0 Å². The highest BCUT2D eigenvalue weighted by molar-refractivity contribution is 5.48. The van der Waals surface area contributed by atoms with Crippen LogP contribution in [0.3, 0.4) is 0 Å². The first kappa shape index (κ1) is 13.0. The van der Waals surface area contributed by atoms with Crippen molar-refractivity contribution in [3.63, 3.8) is 0 Å². The molecule has 1 heterocycles. The summed E-state index contributed by atoms with van der Waals surface area (Å²) in [5, 5.41) is 10.2. The zero-order valence-corrected chi connectivity index (χ0v) is 10.4. The molecule has 0 amide bonds. The number of hydrogen-bond acceptors (Lipinski definition) is 3. The van der Waals surface area contributed by atoms with E-state index in [0.29, 0.717) is 0 Å². The van der Waals surface area contributed by atoms with Crippen molar-refractivity contribution < 1.29 is 4.92 Å². The first-order valence-corrected chi connectivity index (χ1v) is 6.04. The van der Waals surface area contributed by atoms with Crippen LogP contribution >= 0.6 is 0 Å². The van der Waals surface area contributed by atoms with Gasteiger partial charge < -0.3 is 0 Å². The molecule has 0 radical (unpaired) electrons. The van der Waals surface area contributed by atoms with E-state index in [0.717, 1.165) is 30.3 Å². The Hall–Kier alpha value is -2.49. The highest BCUT2D eigenvalue weighted by Crippen LogP contribution is 2.09. The van der Waals surface area contributed by atoms with Crippen molar-refractivity contribution in [3.8, 4) is 0 Å². The summed E-state index contributed by atoms with van der Waals surface area (Å²) < 4.78 is 0. The summed E-state index contributed by atoms with van der Waals surface area (Å²) in [6.07, 6.45) is 6.04. The number of hydrogen-bond donors (Lipinski definition) is 0. The number of rotatable bonds is 5. The Balaban J connectivity index is 1.94. The van der Waals surface area contributed by atoms with Gasteiger partial charge in [-0.15, -0.1) is 0 Å². The van der Waals surface area contributed by atoms with E-state index in [2.05, 4.69) is 4.98 Å². The maximum atomic E-state index is 10.2. The van der Waals surface area contributed by atoms with Crippen molar-refractivity contribution in [2.45, 2.75) is 12.8 Å².